The molecule has 5 heteroatoms. The molecular formula is C10H11ClF2O2. The summed E-state index contributed by atoms with van der Waals surface area (Å²) in [7, 11) is 1.29. The van der Waals surface area contributed by atoms with Crippen molar-refractivity contribution < 1.29 is 18.6 Å². The second-order valence-electron chi connectivity index (χ2n) is 3.16. The van der Waals surface area contributed by atoms with Crippen LogP contribution in [0.2, 0.25) is 5.02 Å². The van der Waals surface area contributed by atoms with Crippen molar-refractivity contribution in [2.75, 3.05) is 13.7 Å². The van der Waals surface area contributed by atoms with Crippen LogP contribution in [0.5, 0.6) is 5.75 Å². The highest BCUT2D eigenvalue weighted by Gasteiger charge is 2.34. The van der Waals surface area contributed by atoms with Gasteiger partial charge in [-0.2, -0.15) is 8.78 Å². The lowest BCUT2D eigenvalue weighted by atomic mass is 10.1. The Kier molecular flexibility index (Phi) is 3.52. The van der Waals surface area contributed by atoms with Gasteiger partial charge >= 0.3 is 0 Å². The van der Waals surface area contributed by atoms with Crippen molar-refractivity contribution in [2.45, 2.75) is 12.8 Å². The largest absolute Gasteiger partial charge is 0.496 e. The number of benzene rings is 1. The van der Waals surface area contributed by atoms with Gasteiger partial charge in [-0.05, 0) is 24.6 Å². The van der Waals surface area contributed by atoms with E-state index in [1.807, 2.05) is 0 Å². The number of rotatable bonds is 3. The van der Waals surface area contributed by atoms with Crippen LogP contribution in [0.1, 0.15) is 11.1 Å². The molecule has 0 bridgehead atoms. The Hall–Kier alpha value is -0.870. The first-order chi connectivity index (χ1) is 6.92. The smallest absolute Gasteiger partial charge is 0.299 e. The van der Waals surface area contributed by atoms with Crippen molar-refractivity contribution in [1.82, 2.24) is 0 Å². The highest BCUT2D eigenvalue weighted by molar-refractivity contribution is 6.31. The lowest BCUT2D eigenvalue weighted by Crippen LogP contribution is -2.19. The molecule has 0 fully saturated rings. The molecule has 0 spiro atoms. The fraction of sp³-hybridized carbons (Fsp3) is 0.400. The second-order valence-corrected chi connectivity index (χ2v) is 3.57. The van der Waals surface area contributed by atoms with Crippen molar-refractivity contribution in [3.63, 3.8) is 0 Å². The van der Waals surface area contributed by atoms with Crippen molar-refractivity contribution in [3.8, 4) is 5.75 Å². The van der Waals surface area contributed by atoms with Gasteiger partial charge in [0.05, 0.1) is 12.7 Å². The number of hydrogen-bond acceptors (Lipinski definition) is 2. The third kappa shape index (κ3) is 2.38. The van der Waals surface area contributed by atoms with Crippen LogP contribution in [0.15, 0.2) is 12.1 Å². The molecule has 0 saturated heterocycles. The van der Waals surface area contributed by atoms with E-state index in [4.69, 9.17) is 21.4 Å². The quantitative estimate of drug-likeness (QED) is 0.875. The van der Waals surface area contributed by atoms with E-state index in [-0.39, 0.29) is 10.8 Å². The van der Waals surface area contributed by atoms with E-state index < -0.39 is 18.1 Å². The van der Waals surface area contributed by atoms with Crippen LogP contribution >= 0.6 is 11.6 Å². The van der Waals surface area contributed by atoms with E-state index in [0.29, 0.717) is 5.56 Å². The van der Waals surface area contributed by atoms with Gasteiger partial charge in [0.15, 0.2) is 0 Å². The minimum absolute atomic E-state index is 0.0240. The monoisotopic (exact) mass is 236 g/mol. The topological polar surface area (TPSA) is 29.5 Å². The molecule has 15 heavy (non-hydrogen) atoms. The Morgan fingerprint density at radius 1 is 1.47 bits per heavy atom. The molecule has 1 aromatic carbocycles. The molecule has 0 amide bonds. The number of hydrogen-bond donors (Lipinski definition) is 1. The number of halogens is 3. The van der Waals surface area contributed by atoms with E-state index >= 15 is 0 Å². The van der Waals surface area contributed by atoms with Gasteiger partial charge in [0.1, 0.15) is 12.4 Å². The van der Waals surface area contributed by atoms with Crippen LogP contribution < -0.4 is 4.74 Å². The van der Waals surface area contributed by atoms with Crippen molar-refractivity contribution >= 4 is 11.6 Å². The molecule has 0 aliphatic heterocycles. The number of aliphatic hydroxyl groups is 1. The van der Waals surface area contributed by atoms with Gasteiger partial charge < -0.3 is 9.84 Å². The normalized spacial score (nSPS) is 11.6. The first-order valence-electron chi connectivity index (χ1n) is 4.25. The van der Waals surface area contributed by atoms with Crippen molar-refractivity contribution in [3.05, 3.63) is 28.3 Å². The van der Waals surface area contributed by atoms with Gasteiger partial charge in [0, 0.05) is 5.02 Å². The maximum absolute atomic E-state index is 13.3. The van der Waals surface area contributed by atoms with Gasteiger partial charge in [0.25, 0.3) is 5.92 Å². The molecule has 1 aromatic rings. The standard InChI is InChI=1S/C10H11ClF2O2/c1-6-3-9(15-2)7(4-8(6)11)10(12,13)5-14/h3-4,14H,5H2,1-2H3. The first-order valence-corrected chi connectivity index (χ1v) is 4.63. The van der Waals surface area contributed by atoms with Gasteiger partial charge in [-0.1, -0.05) is 11.6 Å². The average molecular weight is 237 g/mol. The van der Waals surface area contributed by atoms with Crippen molar-refractivity contribution in [1.29, 1.82) is 0 Å². The number of aryl methyl sites for hydroxylation is 1. The summed E-state index contributed by atoms with van der Waals surface area (Å²) in [5.74, 6) is -3.32. The summed E-state index contributed by atoms with van der Waals surface area (Å²) >= 11 is 5.74. The van der Waals surface area contributed by atoms with E-state index in [0.717, 1.165) is 6.07 Å². The van der Waals surface area contributed by atoms with E-state index in [2.05, 4.69) is 0 Å². The van der Waals surface area contributed by atoms with Crippen LogP contribution in [0.25, 0.3) is 0 Å². The predicted octanol–water partition coefficient (Wildman–Crippen LogP) is 2.74. The van der Waals surface area contributed by atoms with Crippen LogP contribution in [-0.4, -0.2) is 18.8 Å². The summed E-state index contributed by atoms with van der Waals surface area (Å²) < 4.78 is 31.3. The highest BCUT2D eigenvalue weighted by atomic mass is 35.5. The molecule has 0 aliphatic carbocycles. The SMILES string of the molecule is COc1cc(C)c(Cl)cc1C(F)(F)CO. The summed E-state index contributed by atoms with van der Waals surface area (Å²) in [5, 5.41) is 8.80. The van der Waals surface area contributed by atoms with Crippen LogP contribution in [0.3, 0.4) is 0 Å². The number of ether oxygens (including phenoxy) is 1. The summed E-state index contributed by atoms with van der Waals surface area (Å²) in [6.45, 7) is 0.411. The fourth-order valence-electron chi connectivity index (χ4n) is 1.19. The Labute approximate surface area is 91.4 Å². The minimum atomic E-state index is -3.34. The molecule has 0 radical (unpaired) electrons. The van der Waals surface area contributed by atoms with Gasteiger partial charge in [-0.15, -0.1) is 0 Å². The molecule has 0 atom stereocenters. The maximum atomic E-state index is 13.3. The molecule has 1 rings (SSSR count). The molecular weight excluding hydrogens is 226 g/mol. The molecule has 1 N–H and O–H groups in total. The molecule has 0 saturated carbocycles. The zero-order valence-electron chi connectivity index (χ0n) is 8.35. The van der Waals surface area contributed by atoms with Gasteiger partial charge in [-0.3, -0.25) is 0 Å². The Balaban J connectivity index is 3.34. The van der Waals surface area contributed by atoms with Crippen LogP contribution in [0.4, 0.5) is 8.78 Å². The zero-order valence-corrected chi connectivity index (χ0v) is 9.11. The van der Waals surface area contributed by atoms with Gasteiger partial charge in [0.2, 0.25) is 0 Å². The Bertz CT molecular complexity index is 367. The first kappa shape index (κ1) is 12.2. The third-order valence-corrected chi connectivity index (χ3v) is 2.48. The lowest BCUT2D eigenvalue weighted by molar-refractivity contribution is -0.0571. The van der Waals surface area contributed by atoms with E-state index in [9.17, 15) is 8.78 Å². The Morgan fingerprint density at radius 2 is 2.07 bits per heavy atom. The van der Waals surface area contributed by atoms with E-state index in [1.165, 1.54) is 13.2 Å². The average Bonchev–Trinajstić information content (AvgIpc) is 2.21. The van der Waals surface area contributed by atoms with Crippen LogP contribution in [-0.2, 0) is 5.92 Å². The highest BCUT2D eigenvalue weighted by Crippen LogP contribution is 2.37. The van der Waals surface area contributed by atoms with E-state index in [1.54, 1.807) is 6.92 Å². The summed E-state index contributed by atoms with van der Waals surface area (Å²) in [4.78, 5) is 0. The number of alkyl halides is 2. The van der Waals surface area contributed by atoms with Crippen LogP contribution in [0, 0.1) is 6.92 Å². The fourth-order valence-corrected chi connectivity index (χ4v) is 1.36. The maximum Gasteiger partial charge on any atom is 0.299 e. The molecule has 0 aromatic heterocycles. The summed E-state index contributed by atoms with van der Waals surface area (Å²) in [6.07, 6.45) is 0. The third-order valence-electron chi connectivity index (χ3n) is 2.07. The van der Waals surface area contributed by atoms with Gasteiger partial charge in [-0.25, -0.2) is 0 Å². The summed E-state index contributed by atoms with van der Waals surface area (Å²) in [5.41, 5.74) is 0.245. The lowest BCUT2D eigenvalue weighted by Gasteiger charge is -2.18. The zero-order chi connectivity index (χ0) is 11.6. The molecule has 84 valence electrons. The number of aliphatic hydroxyl groups excluding tert-OH is 1. The minimum Gasteiger partial charge on any atom is -0.496 e. The number of methoxy groups -OCH3 is 1. The molecule has 0 unspecified atom stereocenters. The Morgan fingerprint density at radius 3 is 2.53 bits per heavy atom. The second kappa shape index (κ2) is 4.33. The molecule has 2 nitrogen and oxygen atoms in total. The predicted molar refractivity (Wildman–Crippen MR) is 53.7 cm³/mol. The molecule has 0 heterocycles. The van der Waals surface area contributed by atoms with Crippen molar-refractivity contribution in [2.24, 2.45) is 0 Å². The summed E-state index contributed by atoms with van der Waals surface area (Å²) in [6, 6.07) is 2.53. The molecule has 0 aliphatic rings.